The molecule has 0 fully saturated rings. The van der Waals surface area contributed by atoms with Crippen LogP contribution in [0.4, 0.5) is 0 Å². The summed E-state index contributed by atoms with van der Waals surface area (Å²) in [4.78, 5) is 12.8. The molecule has 0 amide bonds. The van der Waals surface area contributed by atoms with E-state index in [1.165, 1.54) is 0 Å². The number of fused-ring (bicyclic) bond motifs is 1. The average molecular weight is 348 g/mol. The van der Waals surface area contributed by atoms with Crippen molar-refractivity contribution in [3.05, 3.63) is 88.4 Å². The van der Waals surface area contributed by atoms with Crippen LogP contribution in [-0.4, -0.2) is 10.9 Å². The Morgan fingerprint density at radius 1 is 0.960 bits per heavy atom. The number of hydrogen-bond acceptors (Lipinski definition) is 3. The standard InChI is InChI=1S/C21H14ClNO2/c1-13-5-7-14(8-6-13)20(24)15-9-10-19-18(12-15)21(25-23-19)16-3-2-4-17(22)11-16/h2-12H,1H3. The van der Waals surface area contributed by atoms with Crippen molar-refractivity contribution in [3.63, 3.8) is 0 Å². The first-order valence-corrected chi connectivity index (χ1v) is 8.26. The largest absolute Gasteiger partial charge is 0.355 e. The number of aryl methyl sites for hydroxylation is 1. The molecule has 0 aliphatic heterocycles. The maximum absolute atomic E-state index is 12.8. The van der Waals surface area contributed by atoms with Crippen molar-refractivity contribution < 1.29 is 9.32 Å². The molecule has 0 bridgehead atoms. The van der Waals surface area contributed by atoms with Crippen molar-refractivity contribution in [1.82, 2.24) is 5.16 Å². The fourth-order valence-corrected chi connectivity index (χ4v) is 2.98. The third-order valence-electron chi connectivity index (χ3n) is 4.14. The molecular weight excluding hydrogens is 334 g/mol. The first kappa shape index (κ1) is 15.6. The summed E-state index contributed by atoms with van der Waals surface area (Å²) in [5, 5.41) is 5.49. The Balaban J connectivity index is 1.81. The molecule has 0 atom stereocenters. The van der Waals surface area contributed by atoms with Crippen molar-refractivity contribution in [2.75, 3.05) is 0 Å². The Hall–Kier alpha value is -2.91. The second-order valence-corrected chi connectivity index (χ2v) is 6.39. The highest BCUT2D eigenvalue weighted by Crippen LogP contribution is 2.31. The lowest BCUT2D eigenvalue weighted by molar-refractivity contribution is 0.103. The second kappa shape index (κ2) is 6.19. The van der Waals surface area contributed by atoms with Crippen molar-refractivity contribution in [1.29, 1.82) is 0 Å². The second-order valence-electron chi connectivity index (χ2n) is 5.95. The molecule has 0 N–H and O–H groups in total. The Morgan fingerprint density at radius 2 is 1.72 bits per heavy atom. The number of ketones is 1. The van der Waals surface area contributed by atoms with E-state index in [-0.39, 0.29) is 5.78 Å². The van der Waals surface area contributed by atoms with Gasteiger partial charge in [-0.25, -0.2) is 0 Å². The first-order chi connectivity index (χ1) is 12.1. The lowest BCUT2D eigenvalue weighted by Crippen LogP contribution is -2.00. The van der Waals surface area contributed by atoms with E-state index < -0.39 is 0 Å². The molecule has 25 heavy (non-hydrogen) atoms. The van der Waals surface area contributed by atoms with E-state index in [2.05, 4.69) is 5.16 Å². The van der Waals surface area contributed by atoms with E-state index in [0.29, 0.717) is 27.4 Å². The summed E-state index contributed by atoms with van der Waals surface area (Å²) in [6.45, 7) is 1.99. The molecule has 4 rings (SSSR count). The smallest absolute Gasteiger partial charge is 0.193 e. The first-order valence-electron chi connectivity index (χ1n) is 7.88. The van der Waals surface area contributed by atoms with Crippen LogP contribution in [0.25, 0.3) is 22.2 Å². The predicted octanol–water partition coefficient (Wildman–Crippen LogP) is 5.69. The summed E-state index contributed by atoms with van der Waals surface area (Å²) in [5.74, 6) is 0.580. The van der Waals surface area contributed by atoms with Crippen molar-refractivity contribution >= 4 is 28.3 Å². The molecule has 0 saturated heterocycles. The monoisotopic (exact) mass is 347 g/mol. The van der Waals surface area contributed by atoms with E-state index in [9.17, 15) is 4.79 Å². The van der Waals surface area contributed by atoms with Gasteiger partial charge in [-0.05, 0) is 37.3 Å². The van der Waals surface area contributed by atoms with Crippen LogP contribution in [0.3, 0.4) is 0 Å². The summed E-state index contributed by atoms with van der Waals surface area (Å²) in [6.07, 6.45) is 0. The van der Waals surface area contributed by atoms with Crippen molar-refractivity contribution in [3.8, 4) is 11.3 Å². The number of aromatic nitrogens is 1. The topological polar surface area (TPSA) is 43.1 Å². The van der Waals surface area contributed by atoms with E-state index >= 15 is 0 Å². The molecule has 0 aliphatic rings. The molecule has 0 spiro atoms. The van der Waals surface area contributed by atoms with E-state index in [4.69, 9.17) is 16.1 Å². The Kier molecular flexibility index (Phi) is 3.86. The van der Waals surface area contributed by atoms with Gasteiger partial charge >= 0.3 is 0 Å². The van der Waals surface area contributed by atoms with Gasteiger partial charge in [0.15, 0.2) is 11.5 Å². The van der Waals surface area contributed by atoms with Gasteiger partial charge in [-0.3, -0.25) is 4.79 Å². The van der Waals surface area contributed by atoms with Crippen molar-refractivity contribution in [2.45, 2.75) is 6.92 Å². The highest BCUT2D eigenvalue weighted by Gasteiger charge is 2.15. The maximum atomic E-state index is 12.8. The van der Waals surface area contributed by atoms with Crippen LogP contribution in [0, 0.1) is 6.92 Å². The average Bonchev–Trinajstić information content (AvgIpc) is 3.05. The summed E-state index contributed by atoms with van der Waals surface area (Å²) in [5.41, 5.74) is 3.91. The molecule has 3 nitrogen and oxygen atoms in total. The number of rotatable bonds is 3. The number of halogens is 1. The van der Waals surface area contributed by atoms with Gasteiger partial charge in [0.2, 0.25) is 0 Å². The number of carbonyl (C=O) groups excluding carboxylic acids is 1. The van der Waals surface area contributed by atoms with Crippen LogP contribution in [0.2, 0.25) is 5.02 Å². The van der Waals surface area contributed by atoms with Crippen LogP contribution in [-0.2, 0) is 0 Å². The Labute approximate surface area is 149 Å². The summed E-state index contributed by atoms with van der Waals surface area (Å²) in [6, 6.07) is 20.3. The third kappa shape index (κ3) is 2.94. The van der Waals surface area contributed by atoms with Crippen LogP contribution < -0.4 is 0 Å². The van der Waals surface area contributed by atoms with Gasteiger partial charge in [-0.15, -0.1) is 0 Å². The fourth-order valence-electron chi connectivity index (χ4n) is 2.79. The molecule has 3 aromatic carbocycles. The van der Waals surface area contributed by atoms with Gasteiger partial charge in [-0.1, -0.05) is 58.7 Å². The number of benzene rings is 3. The minimum Gasteiger partial charge on any atom is -0.355 e. The zero-order valence-corrected chi connectivity index (χ0v) is 14.2. The Bertz CT molecular complexity index is 1080. The highest BCUT2D eigenvalue weighted by molar-refractivity contribution is 6.30. The molecule has 122 valence electrons. The lowest BCUT2D eigenvalue weighted by atomic mass is 9.99. The minimum absolute atomic E-state index is 0.0276. The molecule has 0 aliphatic carbocycles. The molecule has 0 saturated carbocycles. The van der Waals surface area contributed by atoms with Gasteiger partial charge < -0.3 is 4.52 Å². The summed E-state index contributed by atoms with van der Waals surface area (Å²) in [7, 11) is 0. The fraction of sp³-hybridized carbons (Fsp3) is 0.0476. The third-order valence-corrected chi connectivity index (χ3v) is 4.37. The summed E-state index contributed by atoms with van der Waals surface area (Å²) < 4.78 is 5.49. The zero-order valence-electron chi connectivity index (χ0n) is 13.5. The normalized spacial score (nSPS) is 11.0. The van der Waals surface area contributed by atoms with Gasteiger partial charge in [0.05, 0.1) is 5.39 Å². The SMILES string of the molecule is Cc1ccc(C(=O)c2ccc3noc(-c4cccc(Cl)c4)c3c2)cc1. The quantitative estimate of drug-likeness (QED) is 0.447. The van der Waals surface area contributed by atoms with E-state index in [1.54, 1.807) is 18.2 Å². The van der Waals surface area contributed by atoms with Crippen LogP contribution >= 0.6 is 11.6 Å². The number of carbonyl (C=O) groups is 1. The van der Waals surface area contributed by atoms with E-state index in [0.717, 1.165) is 16.5 Å². The van der Waals surface area contributed by atoms with Crippen LogP contribution in [0.1, 0.15) is 21.5 Å². The molecule has 1 aromatic heterocycles. The number of nitrogens with zero attached hydrogens (tertiary/aromatic N) is 1. The van der Waals surface area contributed by atoms with Gasteiger partial charge in [0, 0.05) is 21.7 Å². The van der Waals surface area contributed by atoms with Crippen LogP contribution in [0.15, 0.2) is 71.3 Å². The highest BCUT2D eigenvalue weighted by atomic mass is 35.5. The molecule has 1 heterocycles. The van der Waals surface area contributed by atoms with Gasteiger partial charge in [-0.2, -0.15) is 0 Å². The lowest BCUT2D eigenvalue weighted by Gasteiger charge is -2.03. The van der Waals surface area contributed by atoms with Crippen LogP contribution in [0.5, 0.6) is 0 Å². The predicted molar refractivity (Wildman–Crippen MR) is 99.1 cm³/mol. The number of hydrogen-bond donors (Lipinski definition) is 0. The summed E-state index contributed by atoms with van der Waals surface area (Å²) >= 11 is 6.07. The molecular formula is C21H14ClNO2. The van der Waals surface area contributed by atoms with Gasteiger partial charge in [0.1, 0.15) is 5.52 Å². The Morgan fingerprint density at radius 3 is 2.48 bits per heavy atom. The van der Waals surface area contributed by atoms with E-state index in [1.807, 2.05) is 55.5 Å². The molecule has 0 unspecified atom stereocenters. The maximum Gasteiger partial charge on any atom is 0.193 e. The minimum atomic E-state index is -0.0276. The molecule has 0 radical (unpaired) electrons. The molecule has 4 aromatic rings. The molecule has 4 heteroatoms. The zero-order chi connectivity index (χ0) is 17.4. The van der Waals surface area contributed by atoms with Crippen molar-refractivity contribution in [2.24, 2.45) is 0 Å². The van der Waals surface area contributed by atoms with Gasteiger partial charge in [0.25, 0.3) is 0 Å².